The Hall–Kier alpha value is -2.99. The molecule has 0 unspecified atom stereocenters. The van der Waals surface area contributed by atoms with Crippen molar-refractivity contribution in [3.8, 4) is 11.5 Å². The van der Waals surface area contributed by atoms with E-state index >= 15 is 0 Å². The number of methoxy groups -OCH3 is 2. The van der Waals surface area contributed by atoms with Crippen LogP contribution in [0.25, 0.3) is 11.0 Å². The summed E-state index contributed by atoms with van der Waals surface area (Å²) in [4.78, 5) is 15.3. The highest BCUT2D eigenvalue weighted by molar-refractivity contribution is 5.96. The second kappa shape index (κ2) is 7.69. The number of carbonyl (C=O) groups is 1. The zero-order valence-electron chi connectivity index (χ0n) is 17.3. The van der Waals surface area contributed by atoms with Crippen LogP contribution in [-0.4, -0.2) is 43.7 Å². The summed E-state index contributed by atoms with van der Waals surface area (Å²) in [5.74, 6) is 1.80. The first kappa shape index (κ1) is 19.0. The van der Waals surface area contributed by atoms with Crippen LogP contribution >= 0.6 is 0 Å². The van der Waals surface area contributed by atoms with Gasteiger partial charge in [-0.15, -0.1) is 0 Å². The molecule has 0 spiro atoms. The number of hydrogen-bond acceptors (Lipinski definition) is 5. The van der Waals surface area contributed by atoms with Crippen LogP contribution in [0.2, 0.25) is 0 Å². The molecule has 0 radical (unpaired) electrons. The third-order valence-corrected chi connectivity index (χ3v) is 6.36. The van der Waals surface area contributed by atoms with Gasteiger partial charge in [-0.05, 0) is 54.7 Å². The van der Waals surface area contributed by atoms with Crippen molar-refractivity contribution in [2.24, 2.45) is 0 Å². The molecule has 1 aromatic heterocycles. The fourth-order valence-electron chi connectivity index (χ4n) is 4.77. The SMILES string of the molecule is COc1cc2c(cc1OC)CN1CC[C@H](NC(=O)c3cc4ccccc4o3)C[C@H]1C2. The number of rotatable bonds is 4. The summed E-state index contributed by atoms with van der Waals surface area (Å²) in [6, 6.07) is 14.3. The molecular formula is C24H26N2O4. The number of benzene rings is 2. The smallest absolute Gasteiger partial charge is 0.287 e. The largest absolute Gasteiger partial charge is 0.493 e. The van der Waals surface area contributed by atoms with E-state index in [0.29, 0.717) is 11.8 Å². The summed E-state index contributed by atoms with van der Waals surface area (Å²) >= 11 is 0. The van der Waals surface area contributed by atoms with Crippen LogP contribution in [0, 0.1) is 0 Å². The normalized spacial score (nSPS) is 21.0. The number of ether oxygens (including phenoxy) is 2. The van der Waals surface area contributed by atoms with E-state index in [2.05, 4.69) is 22.3 Å². The lowest BCUT2D eigenvalue weighted by Crippen LogP contribution is -2.51. The van der Waals surface area contributed by atoms with Crippen molar-refractivity contribution < 1.29 is 18.7 Å². The lowest BCUT2D eigenvalue weighted by molar-refractivity contribution is 0.0801. The summed E-state index contributed by atoms with van der Waals surface area (Å²) in [5, 5.41) is 4.14. The molecule has 156 valence electrons. The number of nitrogens with zero attached hydrogens (tertiary/aromatic N) is 1. The van der Waals surface area contributed by atoms with E-state index in [1.165, 1.54) is 11.1 Å². The van der Waals surface area contributed by atoms with E-state index in [-0.39, 0.29) is 11.9 Å². The molecule has 1 saturated heterocycles. The van der Waals surface area contributed by atoms with Gasteiger partial charge in [-0.1, -0.05) is 18.2 Å². The number of hydrogen-bond donors (Lipinski definition) is 1. The molecule has 30 heavy (non-hydrogen) atoms. The first-order valence-corrected chi connectivity index (χ1v) is 10.4. The van der Waals surface area contributed by atoms with Crippen LogP contribution in [0.4, 0.5) is 0 Å². The number of amides is 1. The molecule has 2 aliphatic rings. The monoisotopic (exact) mass is 406 g/mol. The first-order chi connectivity index (χ1) is 14.6. The highest BCUT2D eigenvalue weighted by Crippen LogP contribution is 2.36. The van der Waals surface area contributed by atoms with Crippen LogP contribution in [0.3, 0.4) is 0 Å². The lowest BCUT2D eigenvalue weighted by atomic mass is 9.86. The van der Waals surface area contributed by atoms with Crippen molar-refractivity contribution in [2.75, 3.05) is 20.8 Å². The van der Waals surface area contributed by atoms with Crippen molar-refractivity contribution >= 4 is 16.9 Å². The van der Waals surface area contributed by atoms with E-state index in [1.54, 1.807) is 14.2 Å². The molecule has 3 heterocycles. The number of carbonyl (C=O) groups excluding carboxylic acids is 1. The molecule has 6 nitrogen and oxygen atoms in total. The number of furan rings is 1. The Morgan fingerprint density at radius 3 is 2.63 bits per heavy atom. The van der Waals surface area contributed by atoms with Gasteiger partial charge in [0.15, 0.2) is 17.3 Å². The van der Waals surface area contributed by atoms with Crippen molar-refractivity contribution in [1.82, 2.24) is 10.2 Å². The molecule has 0 aliphatic carbocycles. The summed E-state index contributed by atoms with van der Waals surface area (Å²) in [5.41, 5.74) is 3.34. The van der Waals surface area contributed by atoms with E-state index in [4.69, 9.17) is 13.9 Å². The number of para-hydroxylation sites is 1. The Morgan fingerprint density at radius 1 is 1.10 bits per heavy atom. The maximum atomic E-state index is 12.7. The highest BCUT2D eigenvalue weighted by Gasteiger charge is 2.34. The average molecular weight is 406 g/mol. The standard InChI is InChI=1S/C24H26N2O4/c1-28-21-11-16-9-19-13-18(7-8-26(19)14-17(16)12-22(21)29-2)25-24(27)23-10-15-5-3-4-6-20(15)30-23/h3-6,10-12,18-19H,7-9,13-14H2,1-2H3,(H,25,27)/t18-,19+/m0/s1. The van der Waals surface area contributed by atoms with Crippen LogP contribution in [0.15, 0.2) is 46.9 Å². The minimum Gasteiger partial charge on any atom is -0.493 e. The summed E-state index contributed by atoms with van der Waals surface area (Å²) in [6.07, 6.45) is 2.82. The van der Waals surface area contributed by atoms with Gasteiger partial charge in [-0.2, -0.15) is 0 Å². The number of nitrogens with one attached hydrogen (secondary N) is 1. The van der Waals surface area contributed by atoms with Gasteiger partial charge in [0.1, 0.15) is 5.58 Å². The highest BCUT2D eigenvalue weighted by atomic mass is 16.5. The van der Waals surface area contributed by atoms with Gasteiger partial charge in [0.05, 0.1) is 14.2 Å². The van der Waals surface area contributed by atoms with Gasteiger partial charge in [-0.25, -0.2) is 0 Å². The van der Waals surface area contributed by atoms with E-state index in [1.807, 2.05) is 30.3 Å². The Morgan fingerprint density at radius 2 is 1.87 bits per heavy atom. The molecule has 6 heteroatoms. The predicted octanol–water partition coefficient (Wildman–Crippen LogP) is 3.77. The third-order valence-electron chi connectivity index (χ3n) is 6.36. The molecule has 1 amide bonds. The molecule has 1 N–H and O–H groups in total. The Labute approximate surface area is 175 Å². The van der Waals surface area contributed by atoms with Gasteiger partial charge < -0.3 is 19.2 Å². The fraction of sp³-hybridized carbons (Fsp3) is 0.375. The van der Waals surface area contributed by atoms with Gasteiger partial charge in [0, 0.05) is 30.6 Å². The van der Waals surface area contributed by atoms with Gasteiger partial charge in [-0.3, -0.25) is 9.69 Å². The molecule has 2 aromatic carbocycles. The maximum Gasteiger partial charge on any atom is 0.287 e. The molecule has 3 aromatic rings. The lowest BCUT2D eigenvalue weighted by Gasteiger charge is -2.43. The zero-order chi connectivity index (χ0) is 20.7. The Balaban J connectivity index is 1.29. The summed E-state index contributed by atoms with van der Waals surface area (Å²) in [7, 11) is 3.34. The van der Waals surface area contributed by atoms with Crippen molar-refractivity contribution in [2.45, 2.75) is 37.9 Å². The van der Waals surface area contributed by atoms with Crippen molar-refractivity contribution in [1.29, 1.82) is 0 Å². The molecule has 0 bridgehead atoms. The molecule has 0 saturated carbocycles. The topological polar surface area (TPSA) is 63.9 Å². The summed E-state index contributed by atoms with van der Waals surface area (Å²) in [6.45, 7) is 1.87. The predicted molar refractivity (Wildman–Crippen MR) is 114 cm³/mol. The van der Waals surface area contributed by atoms with Gasteiger partial charge >= 0.3 is 0 Å². The van der Waals surface area contributed by atoms with Crippen LogP contribution in [-0.2, 0) is 13.0 Å². The van der Waals surface area contributed by atoms with E-state index in [0.717, 1.165) is 54.8 Å². The third kappa shape index (κ3) is 3.41. The fourth-order valence-corrected chi connectivity index (χ4v) is 4.77. The second-order valence-electron chi connectivity index (χ2n) is 8.15. The average Bonchev–Trinajstić information content (AvgIpc) is 3.21. The molecule has 5 rings (SSSR count). The van der Waals surface area contributed by atoms with Gasteiger partial charge in [0.2, 0.25) is 0 Å². The number of piperidine rings is 1. The quantitative estimate of drug-likeness (QED) is 0.715. The van der Waals surface area contributed by atoms with Gasteiger partial charge in [0.25, 0.3) is 5.91 Å². The maximum absolute atomic E-state index is 12.7. The molecule has 2 atom stereocenters. The molecular weight excluding hydrogens is 380 g/mol. The zero-order valence-corrected chi connectivity index (χ0v) is 17.3. The summed E-state index contributed by atoms with van der Waals surface area (Å²) < 4.78 is 16.7. The van der Waals surface area contributed by atoms with E-state index < -0.39 is 0 Å². The minimum absolute atomic E-state index is 0.132. The van der Waals surface area contributed by atoms with Crippen LogP contribution < -0.4 is 14.8 Å². The molecule has 2 aliphatic heterocycles. The molecule has 1 fully saturated rings. The van der Waals surface area contributed by atoms with E-state index in [9.17, 15) is 4.79 Å². The Kier molecular flexibility index (Phi) is 4.87. The van der Waals surface area contributed by atoms with Crippen LogP contribution in [0.1, 0.15) is 34.5 Å². The number of fused-ring (bicyclic) bond motifs is 3. The second-order valence-corrected chi connectivity index (χ2v) is 8.15. The van der Waals surface area contributed by atoms with Crippen LogP contribution in [0.5, 0.6) is 11.5 Å². The van der Waals surface area contributed by atoms with Crippen molar-refractivity contribution in [3.63, 3.8) is 0 Å². The first-order valence-electron chi connectivity index (χ1n) is 10.4. The minimum atomic E-state index is -0.132. The van der Waals surface area contributed by atoms with Crippen molar-refractivity contribution in [3.05, 3.63) is 59.4 Å². The Bertz CT molecular complexity index is 1060.